The number of nitrogens with one attached hydrogen (secondary N) is 1. The van der Waals surface area contributed by atoms with Crippen molar-refractivity contribution in [2.24, 2.45) is 0 Å². The lowest BCUT2D eigenvalue weighted by Crippen LogP contribution is -2.19. The summed E-state index contributed by atoms with van der Waals surface area (Å²) in [5.41, 5.74) is -0.987. The van der Waals surface area contributed by atoms with Crippen LogP contribution in [0.4, 0.5) is 19.1 Å². The standard InChI is InChI=1S/C13H12F3N3O2/c1-2-3-8-6-18-21-12(8)19-11(20)9-7-17-5-4-10(9)13(14,15)16/h4-7H,2-3H2,1H3,(H,19,20). The third-order valence-electron chi connectivity index (χ3n) is 2.76. The summed E-state index contributed by atoms with van der Waals surface area (Å²) < 4.78 is 43.4. The fourth-order valence-electron chi connectivity index (χ4n) is 1.80. The van der Waals surface area contributed by atoms with Gasteiger partial charge in [0.15, 0.2) is 0 Å². The van der Waals surface area contributed by atoms with Gasteiger partial charge in [-0.15, -0.1) is 0 Å². The van der Waals surface area contributed by atoms with E-state index in [1.807, 2.05) is 6.92 Å². The van der Waals surface area contributed by atoms with E-state index < -0.39 is 23.2 Å². The van der Waals surface area contributed by atoms with E-state index in [0.717, 1.165) is 24.9 Å². The second-order valence-electron chi connectivity index (χ2n) is 4.30. The summed E-state index contributed by atoms with van der Waals surface area (Å²) in [5.74, 6) is -0.886. The molecule has 0 saturated carbocycles. The summed E-state index contributed by atoms with van der Waals surface area (Å²) in [7, 11) is 0. The van der Waals surface area contributed by atoms with Crippen molar-refractivity contribution in [3.8, 4) is 0 Å². The van der Waals surface area contributed by atoms with Crippen LogP contribution in [0, 0.1) is 0 Å². The molecule has 21 heavy (non-hydrogen) atoms. The number of hydrogen-bond donors (Lipinski definition) is 1. The monoisotopic (exact) mass is 299 g/mol. The number of nitrogens with zero attached hydrogens (tertiary/aromatic N) is 2. The van der Waals surface area contributed by atoms with Gasteiger partial charge in [0.1, 0.15) is 0 Å². The van der Waals surface area contributed by atoms with E-state index in [2.05, 4.69) is 15.5 Å². The quantitative estimate of drug-likeness (QED) is 0.940. The van der Waals surface area contributed by atoms with Crippen molar-refractivity contribution in [1.29, 1.82) is 0 Å². The Hall–Kier alpha value is -2.38. The maximum absolute atomic E-state index is 12.8. The SMILES string of the molecule is CCCc1cnoc1NC(=O)c1cnccc1C(F)(F)F. The highest BCUT2D eigenvalue weighted by Crippen LogP contribution is 2.31. The molecule has 2 aromatic rings. The van der Waals surface area contributed by atoms with Gasteiger partial charge < -0.3 is 4.52 Å². The van der Waals surface area contributed by atoms with Crippen molar-refractivity contribution >= 4 is 11.8 Å². The van der Waals surface area contributed by atoms with E-state index in [-0.39, 0.29) is 5.88 Å². The lowest BCUT2D eigenvalue weighted by Gasteiger charge is -2.11. The zero-order valence-electron chi connectivity index (χ0n) is 11.1. The number of alkyl halides is 3. The van der Waals surface area contributed by atoms with E-state index >= 15 is 0 Å². The van der Waals surface area contributed by atoms with Crippen LogP contribution in [0.3, 0.4) is 0 Å². The van der Waals surface area contributed by atoms with Crippen LogP contribution in [0.2, 0.25) is 0 Å². The maximum Gasteiger partial charge on any atom is 0.417 e. The molecule has 5 nitrogen and oxygen atoms in total. The first-order chi connectivity index (χ1) is 9.93. The molecule has 0 atom stereocenters. The van der Waals surface area contributed by atoms with Crippen LogP contribution < -0.4 is 5.32 Å². The Balaban J connectivity index is 2.27. The van der Waals surface area contributed by atoms with E-state index in [9.17, 15) is 18.0 Å². The minimum Gasteiger partial charge on any atom is -0.338 e. The predicted octanol–water partition coefficient (Wildman–Crippen LogP) is 3.29. The average molecular weight is 299 g/mol. The second-order valence-corrected chi connectivity index (χ2v) is 4.30. The molecule has 2 heterocycles. The molecular formula is C13H12F3N3O2. The molecule has 1 N–H and O–H groups in total. The summed E-state index contributed by atoms with van der Waals surface area (Å²) in [6.45, 7) is 1.92. The number of anilines is 1. The highest BCUT2D eigenvalue weighted by molar-refractivity contribution is 6.04. The Morgan fingerprint density at radius 3 is 2.81 bits per heavy atom. The van der Waals surface area contributed by atoms with Crippen molar-refractivity contribution in [2.45, 2.75) is 25.9 Å². The van der Waals surface area contributed by atoms with Gasteiger partial charge in [-0.1, -0.05) is 18.5 Å². The van der Waals surface area contributed by atoms with Gasteiger partial charge in [-0.25, -0.2) is 0 Å². The number of halogens is 3. The number of carbonyl (C=O) groups excluding carboxylic acids is 1. The van der Waals surface area contributed by atoms with Gasteiger partial charge in [-0.05, 0) is 12.5 Å². The van der Waals surface area contributed by atoms with Crippen molar-refractivity contribution < 1.29 is 22.5 Å². The minimum atomic E-state index is -4.64. The number of pyridine rings is 1. The Morgan fingerprint density at radius 2 is 2.14 bits per heavy atom. The Morgan fingerprint density at radius 1 is 1.38 bits per heavy atom. The molecule has 0 spiro atoms. The van der Waals surface area contributed by atoms with Gasteiger partial charge >= 0.3 is 6.18 Å². The highest BCUT2D eigenvalue weighted by Gasteiger charge is 2.35. The minimum absolute atomic E-state index is 0.0545. The maximum atomic E-state index is 12.8. The molecule has 1 amide bonds. The van der Waals surface area contributed by atoms with Crippen LogP contribution in [-0.4, -0.2) is 16.0 Å². The van der Waals surface area contributed by atoms with Crippen LogP contribution in [0.5, 0.6) is 0 Å². The topological polar surface area (TPSA) is 68.0 Å². The van der Waals surface area contributed by atoms with E-state index in [4.69, 9.17) is 4.52 Å². The largest absolute Gasteiger partial charge is 0.417 e. The molecule has 0 unspecified atom stereocenters. The molecule has 0 saturated heterocycles. The third-order valence-corrected chi connectivity index (χ3v) is 2.76. The van der Waals surface area contributed by atoms with Crippen LogP contribution in [0.1, 0.15) is 34.8 Å². The Bertz CT molecular complexity index is 638. The first kappa shape index (κ1) is 15.0. The smallest absolute Gasteiger partial charge is 0.338 e. The predicted molar refractivity (Wildman–Crippen MR) is 67.7 cm³/mol. The van der Waals surface area contributed by atoms with E-state index in [0.29, 0.717) is 12.0 Å². The average Bonchev–Trinajstić information content (AvgIpc) is 2.85. The van der Waals surface area contributed by atoms with Crippen LogP contribution in [0.25, 0.3) is 0 Å². The number of amides is 1. The van der Waals surface area contributed by atoms with Crippen molar-refractivity contribution in [2.75, 3.05) is 5.32 Å². The molecule has 0 aliphatic carbocycles. The summed E-state index contributed by atoms with van der Waals surface area (Å²) in [6.07, 6.45) is 0.0178. The lowest BCUT2D eigenvalue weighted by molar-refractivity contribution is -0.138. The summed E-state index contributed by atoms with van der Waals surface area (Å²) in [4.78, 5) is 15.6. The zero-order chi connectivity index (χ0) is 15.5. The number of aromatic nitrogens is 2. The first-order valence-electron chi connectivity index (χ1n) is 6.19. The lowest BCUT2D eigenvalue weighted by atomic mass is 10.1. The van der Waals surface area contributed by atoms with Gasteiger partial charge in [-0.2, -0.15) is 13.2 Å². The molecule has 0 aromatic carbocycles. The van der Waals surface area contributed by atoms with Gasteiger partial charge in [0, 0.05) is 18.0 Å². The number of aryl methyl sites for hydroxylation is 1. The molecule has 112 valence electrons. The summed E-state index contributed by atoms with van der Waals surface area (Å²) in [6, 6.07) is 0.752. The highest BCUT2D eigenvalue weighted by atomic mass is 19.4. The third kappa shape index (κ3) is 3.39. The van der Waals surface area contributed by atoms with E-state index in [1.165, 1.54) is 6.20 Å². The normalized spacial score (nSPS) is 11.4. The summed E-state index contributed by atoms with van der Waals surface area (Å²) in [5, 5.41) is 5.83. The molecule has 2 aromatic heterocycles. The molecule has 0 fully saturated rings. The first-order valence-corrected chi connectivity index (χ1v) is 6.19. The number of hydrogen-bond acceptors (Lipinski definition) is 4. The van der Waals surface area contributed by atoms with Gasteiger partial charge in [0.05, 0.1) is 17.3 Å². The summed E-state index contributed by atoms with van der Waals surface area (Å²) >= 11 is 0. The second kappa shape index (κ2) is 5.94. The van der Waals surface area contributed by atoms with Crippen molar-refractivity contribution in [1.82, 2.24) is 10.1 Å². The van der Waals surface area contributed by atoms with Crippen LogP contribution >= 0.6 is 0 Å². The molecule has 2 rings (SSSR count). The number of carbonyl (C=O) groups is 1. The molecule has 0 aliphatic rings. The van der Waals surface area contributed by atoms with Gasteiger partial charge in [0.25, 0.3) is 5.91 Å². The molecule has 8 heteroatoms. The van der Waals surface area contributed by atoms with Crippen LogP contribution in [0.15, 0.2) is 29.2 Å². The zero-order valence-corrected chi connectivity index (χ0v) is 11.1. The fourth-order valence-corrected chi connectivity index (χ4v) is 1.80. The van der Waals surface area contributed by atoms with E-state index in [1.54, 1.807) is 0 Å². The van der Waals surface area contributed by atoms with Gasteiger partial charge in [0.2, 0.25) is 5.88 Å². The molecule has 0 aliphatic heterocycles. The van der Waals surface area contributed by atoms with Gasteiger partial charge in [-0.3, -0.25) is 15.1 Å². The van der Waals surface area contributed by atoms with Crippen molar-refractivity contribution in [3.05, 3.63) is 41.3 Å². The number of rotatable bonds is 4. The molecule has 0 radical (unpaired) electrons. The molecule has 0 bridgehead atoms. The Labute approximate surface area is 118 Å². The van der Waals surface area contributed by atoms with Crippen LogP contribution in [-0.2, 0) is 12.6 Å². The van der Waals surface area contributed by atoms with Crippen molar-refractivity contribution in [3.63, 3.8) is 0 Å². The molecular weight excluding hydrogens is 287 g/mol. The Kier molecular flexibility index (Phi) is 4.25. The fraction of sp³-hybridized carbons (Fsp3) is 0.308.